The van der Waals surface area contributed by atoms with Gasteiger partial charge >= 0.3 is 0 Å². The molecule has 146 valence electrons. The summed E-state index contributed by atoms with van der Waals surface area (Å²) in [5, 5.41) is 6.32. The molecule has 0 aliphatic carbocycles. The summed E-state index contributed by atoms with van der Waals surface area (Å²) in [4.78, 5) is 21.6. The Bertz CT molecular complexity index is 976. The number of carbonyl (C=O) groups is 1. The third-order valence-corrected chi connectivity index (χ3v) is 5.10. The van der Waals surface area contributed by atoms with Gasteiger partial charge in [-0.05, 0) is 37.1 Å². The third kappa shape index (κ3) is 3.63. The van der Waals surface area contributed by atoms with Gasteiger partial charge < -0.3 is 21.1 Å². The van der Waals surface area contributed by atoms with Gasteiger partial charge in [0.2, 0.25) is 0 Å². The Kier molecular flexibility index (Phi) is 5.12. The Labute approximate surface area is 163 Å². The topological polar surface area (TPSA) is 107 Å². The first kappa shape index (κ1) is 18.2. The summed E-state index contributed by atoms with van der Waals surface area (Å²) in [6, 6.07) is 7.57. The lowest BCUT2D eigenvalue weighted by Gasteiger charge is -2.20. The van der Waals surface area contributed by atoms with E-state index in [0.29, 0.717) is 29.6 Å². The highest BCUT2D eigenvalue weighted by molar-refractivity contribution is 5.93. The lowest BCUT2D eigenvalue weighted by atomic mass is 9.97. The zero-order valence-corrected chi connectivity index (χ0v) is 15.8. The fourth-order valence-corrected chi connectivity index (χ4v) is 3.50. The van der Waals surface area contributed by atoms with Gasteiger partial charge in [-0.1, -0.05) is 12.1 Å². The third-order valence-electron chi connectivity index (χ3n) is 5.10. The number of aromatic nitrogens is 3. The minimum absolute atomic E-state index is 0.223. The quantitative estimate of drug-likeness (QED) is 0.622. The van der Waals surface area contributed by atoms with E-state index in [1.807, 2.05) is 30.5 Å². The molecule has 8 nitrogen and oxygen atoms in total. The summed E-state index contributed by atoms with van der Waals surface area (Å²) in [5.74, 6) is 1.20. The van der Waals surface area contributed by atoms with Crippen molar-refractivity contribution in [2.24, 2.45) is 0 Å². The van der Waals surface area contributed by atoms with Crippen LogP contribution in [0.5, 0.6) is 5.75 Å². The number of fused-ring (bicyclic) bond motifs is 1. The molecular weight excluding hydrogens is 356 g/mol. The largest absolute Gasteiger partial charge is 0.497 e. The number of nitrogens with two attached hydrogens (primary N) is 1. The van der Waals surface area contributed by atoms with Crippen LogP contribution in [0.4, 0.5) is 5.82 Å². The van der Waals surface area contributed by atoms with Crippen molar-refractivity contribution in [3.05, 3.63) is 53.6 Å². The molecule has 1 saturated heterocycles. The molecular formula is C20H24N6O2. The van der Waals surface area contributed by atoms with Crippen LogP contribution < -0.4 is 21.1 Å². The zero-order chi connectivity index (χ0) is 19.5. The first-order valence-electron chi connectivity index (χ1n) is 9.41. The first-order valence-corrected chi connectivity index (χ1v) is 9.41. The molecule has 1 fully saturated rings. The van der Waals surface area contributed by atoms with Crippen LogP contribution in [0.15, 0.2) is 36.7 Å². The van der Waals surface area contributed by atoms with Crippen molar-refractivity contribution in [1.82, 2.24) is 25.0 Å². The number of rotatable bonds is 5. The zero-order valence-electron chi connectivity index (χ0n) is 15.8. The molecule has 1 amide bonds. The van der Waals surface area contributed by atoms with Gasteiger partial charge in [-0.15, -0.1) is 0 Å². The number of nitrogen functional groups attached to an aromatic ring is 1. The number of amides is 1. The molecule has 0 spiro atoms. The molecule has 1 aliphatic heterocycles. The van der Waals surface area contributed by atoms with E-state index in [1.54, 1.807) is 11.5 Å². The second-order valence-corrected chi connectivity index (χ2v) is 6.96. The van der Waals surface area contributed by atoms with Crippen LogP contribution in [0.1, 0.15) is 40.5 Å². The van der Waals surface area contributed by atoms with Gasteiger partial charge in [-0.2, -0.15) is 0 Å². The maximum atomic E-state index is 12.8. The summed E-state index contributed by atoms with van der Waals surface area (Å²) in [6.45, 7) is 2.32. The van der Waals surface area contributed by atoms with E-state index >= 15 is 0 Å². The summed E-state index contributed by atoms with van der Waals surface area (Å²) >= 11 is 0. The Morgan fingerprint density at radius 1 is 1.39 bits per heavy atom. The standard InChI is InChI=1S/C20H24N6O2/c1-28-15-6-4-13(5-7-15)9-24-20(27)17-11-23-18(21)19-25-16(12-26(17)19)14-3-2-8-22-10-14/h4-7,11-12,14,22H,2-3,8-10H2,1H3,(H2,21,23)(H,24,27). The Hall–Kier alpha value is -3.13. The number of nitrogens with zero attached hydrogens (tertiary/aromatic N) is 3. The van der Waals surface area contributed by atoms with Gasteiger partial charge in [0.25, 0.3) is 5.91 Å². The second kappa shape index (κ2) is 7.85. The number of hydrogen-bond acceptors (Lipinski definition) is 6. The predicted octanol–water partition coefficient (Wildman–Crippen LogP) is 1.72. The van der Waals surface area contributed by atoms with Gasteiger partial charge in [0, 0.05) is 25.2 Å². The minimum Gasteiger partial charge on any atom is -0.497 e. The Balaban J connectivity index is 1.55. The average Bonchev–Trinajstić information content (AvgIpc) is 3.20. The highest BCUT2D eigenvalue weighted by atomic mass is 16.5. The number of piperidine rings is 1. The SMILES string of the molecule is COc1ccc(CNC(=O)c2cnc(N)c3nc(C4CCCNC4)cn23)cc1. The predicted molar refractivity (Wildman–Crippen MR) is 106 cm³/mol. The van der Waals surface area contributed by atoms with Crippen molar-refractivity contribution in [1.29, 1.82) is 0 Å². The highest BCUT2D eigenvalue weighted by Crippen LogP contribution is 2.24. The second-order valence-electron chi connectivity index (χ2n) is 6.96. The van der Waals surface area contributed by atoms with Crippen LogP contribution in [0.25, 0.3) is 5.65 Å². The lowest BCUT2D eigenvalue weighted by Crippen LogP contribution is -2.28. The van der Waals surface area contributed by atoms with Gasteiger partial charge in [0.1, 0.15) is 11.4 Å². The molecule has 2 aromatic heterocycles. The molecule has 0 bridgehead atoms. The molecule has 4 rings (SSSR count). The summed E-state index contributed by atoms with van der Waals surface area (Å²) in [7, 11) is 1.62. The van der Waals surface area contributed by atoms with Crippen molar-refractivity contribution in [2.75, 3.05) is 25.9 Å². The van der Waals surface area contributed by atoms with E-state index in [9.17, 15) is 4.79 Å². The molecule has 28 heavy (non-hydrogen) atoms. The number of ether oxygens (including phenoxy) is 1. The molecule has 8 heteroatoms. The van der Waals surface area contributed by atoms with Crippen molar-refractivity contribution >= 4 is 17.4 Å². The maximum absolute atomic E-state index is 12.8. The molecule has 1 unspecified atom stereocenters. The van der Waals surface area contributed by atoms with Crippen molar-refractivity contribution < 1.29 is 9.53 Å². The fraction of sp³-hybridized carbons (Fsp3) is 0.350. The van der Waals surface area contributed by atoms with Crippen molar-refractivity contribution in [3.8, 4) is 5.75 Å². The van der Waals surface area contributed by atoms with Crippen LogP contribution in [-0.4, -0.2) is 40.5 Å². The van der Waals surface area contributed by atoms with E-state index in [4.69, 9.17) is 10.5 Å². The van der Waals surface area contributed by atoms with E-state index in [-0.39, 0.29) is 5.91 Å². The van der Waals surface area contributed by atoms with Gasteiger partial charge in [-0.25, -0.2) is 9.97 Å². The maximum Gasteiger partial charge on any atom is 0.270 e. The number of hydrogen-bond donors (Lipinski definition) is 3. The summed E-state index contributed by atoms with van der Waals surface area (Å²) in [5.41, 5.74) is 8.87. The number of methoxy groups -OCH3 is 1. The van der Waals surface area contributed by atoms with Crippen LogP contribution in [0.2, 0.25) is 0 Å². The van der Waals surface area contributed by atoms with Crippen LogP contribution in [0.3, 0.4) is 0 Å². The van der Waals surface area contributed by atoms with Crippen LogP contribution in [-0.2, 0) is 6.54 Å². The minimum atomic E-state index is -0.223. The van der Waals surface area contributed by atoms with Gasteiger partial charge in [-0.3, -0.25) is 9.20 Å². The van der Waals surface area contributed by atoms with Crippen LogP contribution in [0, 0.1) is 0 Å². The highest BCUT2D eigenvalue weighted by Gasteiger charge is 2.21. The number of nitrogens with one attached hydrogen (secondary N) is 2. The fourth-order valence-electron chi connectivity index (χ4n) is 3.50. The summed E-state index contributed by atoms with van der Waals surface area (Å²) in [6.07, 6.45) is 5.59. The molecule has 1 atom stereocenters. The number of carbonyl (C=O) groups excluding carboxylic acids is 1. The Morgan fingerprint density at radius 2 is 2.21 bits per heavy atom. The van der Waals surface area contributed by atoms with Crippen LogP contribution >= 0.6 is 0 Å². The molecule has 4 N–H and O–H groups in total. The monoisotopic (exact) mass is 380 g/mol. The molecule has 3 heterocycles. The Morgan fingerprint density at radius 3 is 2.93 bits per heavy atom. The average molecular weight is 380 g/mol. The number of imidazole rings is 1. The normalized spacial score (nSPS) is 16.8. The van der Waals surface area contributed by atoms with Gasteiger partial charge in [0.05, 0.1) is 19.0 Å². The first-order chi connectivity index (χ1) is 13.7. The van der Waals surface area contributed by atoms with E-state index < -0.39 is 0 Å². The molecule has 3 aromatic rings. The van der Waals surface area contributed by atoms with Crippen molar-refractivity contribution in [2.45, 2.75) is 25.3 Å². The number of anilines is 1. The lowest BCUT2D eigenvalue weighted by molar-refractivity contribution is 0.0944. The van der Waals surface area contributed by atoms with E-state index in [2.05, 4.69) is 20.6 Å². The molecule has 1 aromatic carbocycles. The van der Waals surface area contributed by atoms with E-state index in [1.165, 1.54) is 6.20 Å². The van der Waals surface area contributed by atoms with Gasteiger partial charge in [0.15, 0.2) is 11.5 Å². The molecule has 1 aliphatic rings. The summed E-state index contributed by atoms with van der Waals surface area (Å²) < 4.78 is 6.90. The number of benzene rings is 1. The van der Waals surface area contributed by atoms with E-state index in [0.717, 1.165) is 42.9 Å². The molecule has 0 saturated carbocycles. The van der Waals surface area contributed by atoms with Crippen molar-refractivity contribution in [3.63, 3.8) is 0 Å². The smallest absolute Gasteiger partial charge is 0.270 e. The molecule has 0 radical (unpaired) electrons.